The van der Waals surface area contributed by atoms with E-state index in [9.17, 15) is 4.39 Å². The summed E-state index contributed by atoms with van der Waals surface area (Å²) in [6.07, 6.45) is 1.60. The molecule has 0 fully saturated rings. The van der Waals surface area contributed by atoms with E-state index in [0.29, 0.717) is 17.3 Å². The Labute approximate surface area is 104 Å². The van der Waals surface area contributed by atoms with Crippen LogP contribution in [-0.4, -0.2) is 17.1 Å². The highest BCUT2D eigenvalue weighted by molar-refractivity contribution is 5.61. The highest BCUT2D eigenvalue weighted by Gasteiger charge is 2.05. The van der Waals surface area contributed by atoms with Gasteiger partial charge in [0, 0.05) is 29.6 Å². The van der Waals surface area contributed by atoms with Crippen molar-refractivity contribution in [3.8, 4) is 5.75 Å². The minimum Gasteiger partial charge on any atom is -0.497 e. The second-order valence-electron chi connectivity index (χ2n) is 3.76. The average molecular weight is 248 g/mol. The number of nitrogen functional groups attached to an aromatic ring is 1. The molecule has 1 aromatic heterocycles. The molecule has 94 valence electrons. The van der Waals surface area contributed by atoms with Crippen molar-refractivity contribution in [3.63, 3.8) is 0 Å². The van der Waals surface area contributed by atoms with Gasteiger partial charge in [0.05, 0.1) is 7.11 Å². The molecule has 0 bridgehead atoms. The smallest absolute Gasteiger partial charge is 0.221 e. The van der Waals surface area contributed by atoms with Crippen LogP contribution in [-0.2, 0) is 0 Å². The van der Waals surface area contributed by atoms with Crippen molar-refractivity contribution in [3.05, 3.63) is 35.8 Å². The Balaban J connectivity index is 2.33. The fraction of sp³-hybridized carbons (Fsp3) is 0.167. The number of ether oxygens (including phenoxy) is 1. The topological polar surface area (TPSA) is 73.1 Å². The van der Waals surface area contributed by atoms with Gasteiger partial charge in [-0.3, -0.25) is 0 Å². The van der Waals surface area contributed by atoms with Crippen LogP contribution < -0.4 is 15.8 Å². The summed E-state index contributed by atoms with van der Waals surface area (Å²) in [6.45, 7) is 1.83. The third kappa shape index (κ3) is 2.65. The van der Waals surface area contributed by atoms with Crippen LogP contribution in [0.5, 0.6) is 5.75 Å². The molecule has 3 N–H and O–H groups in total. The Morgan fingerprint density at radius 2 is 2.11 bits per heavy atom. The number of anilines is 3. The van der Waals surface area contributed by atoms with Crippen molar-refractivity contribution in [1.29, 1.82) is 0 Å². The van der Waals surface area contributed by atoms with E-state index in [1.54, 1.807) is 12.3 Å². The SMILES string of the molecule is COc1cc(F)cc(Nc2nc(N)ncc2C)c1. The van der Waals surface area contributed by atoms with Crippen LogP contribution in [0.3, 0.4) is 0 Å². The van der Waals surface area contributed by atoms with Gasteiger partial charge in [0.1, 0.15) is 17.4 Å². The summed E-state index contributed by atoms with van der Waals surface area (Å²) in [5, 5.41) is 2.98. The molecule has 0 atom stereocenters. The first kappa shape index (κ1) is 12.1. The zero-order valence-corrected chi connectivity index (χ0v) is 10.1. The molecule has 0 radical (unpaired) electrons. The summed E-state index contributed by atoms with van der Waals surface area (Å²) in [7, 11) is 1.48. The van der Waals surface area contributed by atoms with E-state index in [1.165, 1.54) is 19.2 Å². The Morgan fingerprint density at radius 1 is 1.33 bits per heavy atom. The summed E-state index contributed by atoms with van der Waals surface area (Å²) in [5.41, 5.74) is 6.85. The first-order valence-electron chi connectivity index (χ1n) is 5.29. The third-order valence-electron chi connectivity index (χ3n) is 2.36. The lowest BCUT2D eigenvalue weighted by Gasteiger charge is -2.10. The fourth-order valence-corrected chi connectivity index (χ4v) is 1.47. The normalized spacial score (nSPS) is 10.2. The molecule has 0 unspecified atom stereocenters. The predicted molar refractivity (Wildman–Crippen MR) is 67.4 cm³/mol. The maximum atomic E-state index is 13.3. The molecule has 5 nitrogen and oxygen atoms in total. The van der Waals surface area contributed by atoms with Crippen molar-refractivity contribution in [2.24, 2.45) is 0 Å². The molecule has 0 aliphatic rings. The Morgan fingerprint density at radius 3 is 2.83 bits per heavy atom. The highest BCUT2D eigenvalue weighted by atomic mass is 19.1. The maximum absolute atomic E-state index is 13.3. The zero-order valence-electron chi connectivity index (χ0n) is 10.1. The van der Waals surface area contributed by atoms with E-state index in [4.69, 9.17) is 10.5 Å². The number of hydrogen-bond acceptors (Lipinski definition) is 5. The van der Waals surface area contributed by atoms with Crippen molar-refractivity contribution < 1.29 is 9.13 Å². The van der Waals surface area contributed by atoms with E-state index in [0.717, 1.165) is 5.56 Å². The van der Waals surface area contributed by atoms with E-state index in [2.05, 4.69) is 15.3 Å². The standard InChI is InChI=1S/C12H13FN4O/c1-7-6-15-12(14)17-11(7)16-9-3-8(13)4-10(5-9)18-2/h3-6H,1-2H3,(H3,14,15,16,17). The summed E-state index contributed by atoms with van der Waals surface area (Å²) < 4.78 is 18.3. The molecule has 0 saturated heterocycles. The van der Waals surface area contributed by atoms with Crippen molar-refractivity contribution >= 4 is 17.5 Å². The maximum Gasteiger partial charge on any atom is 0.221 e. The molecule has 18 heavy (non-hydrogen) atoms. The molecule has 1 aromatic carbocycles. The second kappa shape index (κ2) is 4.87. The first-order chi connectivity index (χ1) is 8.58. The molecule has 0 aliphatic heterocycles. The van der Waals surface area contributed by atoms with Gasteiger partial charge in [-0.05, 0) is 13.0 Å². The lowest BCUT2D eigenvalue weighted by atomic mass is 10.2. The average Bonchev–Trinajstić information content (AvgIpc) is 2.33. The van der Waals surface area contributed by atoms with Gasteiger partial charge < -0.3 is 15.8 Å². The van der Waals surface area contributed by atoms with Gasteiger partial charge in [0.25, 0.3) is 0 Å². The molecular weight excluding hydrogens is 235 g/mol. The monoisotopic (exact) mass is 248 g/mol. The number of hydrogen-bond donors (Lipinski definition) is 2. The number of nitrogens with two attached hydrogens (primary N) is 1. The largest absolute Gasteiger partial charge is 0.497 e. The second-order valence-corrected chi connectivity index (χ2v) is 3.76. The molecule has 2 rings (SSSR count). The van der Waals surface area contributed by atoms with Crippen LogP contribution >= 0.6 is 0 Å². The van der Waals surface area contributed by atoms with Gasteiger partial charge >= 0.3 is 0 Å². The molecule has 0 aliphatic carbocycles. The van der Waals surface area contributed by atoms with E-state index >= 15 is 0 Å². The number of nitrogens with one attached hydrogen (secondary N) is 1. The molecule has 6 heteroatoms. The van der Waals surface area contributed by atoms with Gasteiger partial charge in [0.2, 0.25) is 5.95 Å². The molecule has 0 saturated carbocycles. The van der Waals surface area contributed by atoms with Crippen LogP contribution in [0.25, 0.3) is 0 Å². The molecule has 2 aromatic rings. The number of aromatic nitrogens is 2. The van der Waals surface area contributed by atoms with Gasteiger partial charge in [-0.1, -0.05) is 0 Å². The Kier molecular flexibility index (Phi) is 3.27. The number of halogens is 1. The van der Waals surface area contributed by atoms with Crippen LogP contribution in [0.4, 0.5) is 21.8 Å². The lowest BCUT2D eigenvalue weighted by molar-refractivity contribution is 0.411. The van der Waals surface area contributed by atoms with Crippen LogP contribution in [0.1, 0.15) is 5.56 Å². The van der Waals surface area contributed by atoms with Crippen molar-refractivity contribution in [1.82, 2.24) is 9.97 Å². The zero-order chi connectivity index (χ0) is 13.1. The Bertz CT molecular complexity index is 574. The van der Waals surface area contributed by atoms with Gasteiger partial charge in [0.15, 0.2) is 0 Å². The van der Waals surface area contributed by atoms with Crippen LogP contribution in [0.2, 0.25) is 0 Å². The van der Waals surface area contributed by atoms with E-state index in [1.807, 2.05) is 6.92 Å². The molecule has 0 amide bonds. The van der Waals surface area contributed by atoms with Gasteiger partial charge in [-0.15, -0.1) is 0 Å². The summed E-state index contributed by atoms with van der Waals surface area (Å²) in [6, 6.07) is 4.31. The highest BCUT2D eigenvalue weighted by Crippen LogP contribution is 2.24. The van der Waals surface area contributed by atoms with Crippen LogP contribution in [0.15, 0.2) is 24.4 Å². The molecular formula is C12H13FN4O. The van der Waals surface area contributed by atoms with Crippen molar-refractivity contribution in [2.75, 3.05) is 18.2 Å². The van der Waals surface area contributed by atoms with E-state index in [-0.39, 0.29) is 5.95 Å². The predicted octanol–water partition coefficient (Wildman–Crippen LogP) is 2.26. The number of rotatable bonds is 3. The Hall–Kier alpha value is -2.37. The first-order valence-corrected chi connectivity index (χ1v) is 5.29. The van der Waals surface area contributed by atoms with E-state index < -0.39 is 5.82 Å². The quantitative estimate of drug-likeness (QED) is 0.871. The molecule has 0 spiro atoms. The summed E-state index contributed by atoms with van der Waals surface area (Å²) in [4.78, 5) is 7.91. The van der Waals surface area contributed by atoms with Gasteiger partial charge in [-0.25, -0.2) is 9.37 Å². The van der Waals surface area contributed by atoms with Crippen molar-refractivity contribution in [2.45, 2.75) is 6.92 Å². The van der Waals surface area contributed by atoms with Crippen LogP contribution in [0, 0.1) is 12.7 Å². The molecule has 1 heterocycles. The minimum atomic E-state index is -0.392. The lowest BCUT2D eigenvalue weighted by Crippen LogP contribution is -2.02. The third-order valence-corrected chi connectivity index (χ3v) is 2.36. The number of benzene rings is 1. The summed E-state index contributed by atoms with van der Waals surface area (Å²) in [5.74, 6) is 0.732. The summed E-state index contributed by atoms with van der Waals surface area (Å²) >= 11 is 0. The number of aryl methyl sites for hydroxylation is 1. The fourth-order valence-electron chi connectivity index (χ4n) is 1.47. The number of methoxy groups -OCH3 is 1. The number of nitrogens with zero attached hydrogens (tertiary/aromatic N) is 2. The minimum absolute atomic E-state index is 0.159. The van der Waals surface area contributed by atoms with Gasteiger partial charge in [-0.2, -0.15) is 4.98 Å².